The molecule has 0 saturated heterocycles. The van der Waals surface area contributed by atoms with Gasteiger partial charge in [-0.2, -0.15) is 0 Å². The summed E-state index contributed by atoms with van der Waals surface area (Å²) in [4.78, 5) is 15.3. The van der Waals surface area contributed by atoms with Crippen LogP contribution in [0.5, 0.6) is 0 Å². The van der Waals surface area contributed by atoms with Crippen molar-refractivity contribution in [1.29, 1.82) is 0 Å². The Balaban J connectivity index is 2.15. The minimum absolute atomic E-state index is 0.291. The number of halogens is 1. The van der Waals surface area contributed by atoms with Crippen LogP contribution in [-0.2, 0) is 0 Å². The van der Waals surface area contributed by atoms with E-state index in [-0.39, 0.29) is 11.8 Å². The Morgan fingerprint density at radius 1 is 1.50 bits per heavy atom. The van der Waals surface area contributed by atoms with Crippen LogP contribution in [0, 0.1) is 12.7 Å². The van der Waals surface area contributed by atoms with Crippen LogP contribution in [0.3, 0.4) is 0 Å². The molecule has 2 rings (SSSR count). The number of imidazole rings is 1. The van der Waals surface area contributed by atoms with Gasteiger partial charge in [0.15, 0.2) is 0 Å². The number of carbonyl (C=O) groups excluding carboxylic acids is 1. The van der Waals surface area contributed by atoms with Gasteiger partial charge in [0.25, 0.3) is 0 Å². The lowest BCUT2D eigenvalue weighted by molar-refractivity contribution is 0.253. The molecule has 0 aliphatic rings. The molecule has 0 aliphatic heterocycles. The molecular weight excluding hydrogens is 209 g/mol. The topological polar surface area (TPSA) is 46.9 Å². The molecule has 1 amide bonds. The van der Waals surface area contributed by atoms with Gasteiger partial charge in [0, 0.05) is 18.1 Å². The van der Waals surface area contributed by atoms with E-state index in [9.17, 15) is 9.18 Å². The van der Waals surface area contributed by atoms with Gasteiger partial charge < -0.3 is 5.32 Å². The van der Waals surface area contributed by atoms with E-state index in [1.807, 2.05) is 0 Å². The highest BCUT2D eigenvalue weighted by molar-refractivity contribution is 5.90. The predicted octanol–water partition coefficient (Wildman–Crippen LogP) is 2.41. The van der Waals surface area contributed by atoms with E-state index in [0.717, 1.165) is 0 Å². The fourth-order valence-electron chi connectivity index (χ4n) is 1.29. The molecular formula is C11H10FN3O. The number of benzene rings is 1. The molecule has 0 atom stereocenters. The Morgan fingerprint density at radius 3 is 2.94 bits per heavy atom. The van der Waals surface area contributed by atoms with Crippen LogP contribution < -0.4 is 5.32 Å². The zero-order valence-electron chi connectivity index (χ0n) is 8.64. The number of rotatable bonds is 1. The molecule has 0 bridgehead atoms. The smallest absolute Gasteiger partial charge is 0.307 e. The number of aromatic nitrogens is 2. The van der Waals surface area contributed by atoms with Gasteiger partial charge in [0.2, 0.25) is 0 Å². The van der Waals surface area contributed by atoms with Gasteiger partial charge in [-0.3, -0.25) is 4.57 Å². The molecule has 5 heteroatoms. The highest BCUT2D eigenvalue weighted by Gasteiger charge is 2.05. The largest absolute Gasteiger partial charge is 0.331 e. The third kappa shape index (κ3) is 2.08. The van der Waals surface area contributed by atoms with E-state index in [1.54, 1.807) is 13.0 Å². The molecule has 16 heavy (non-hydrogen) atoms. The Bertz CT molecular complexity index is 508. The van der Waals surface area contributed by atoms with Gasteiger partial charge in [-0.05, 0) is 30.7 Å². The molecule has 1 aromatic heterocycles. The summed E-state index contributed by atoms with van der Waals surface area (Å²) in [6.45, 7) is 1.64. The van der Waals surface area contributed by atoms with Crippen LogP contribution in [-0.4, -0.2) is 15.6 Å². The number of hydrogen-bond acceptors (Lipinski definition) is 2. The zero-order chi connectivity index (χ0) is 11.5. The van der Waals surface area contributed by atoms with E-state index in [4.69, 9.17) is 0 Å². The maximum Gasteiger partial charge on any atom is 0.331 e. The summed E-state index contributed by atoms with van der Waals surface area (Å²) >= 11 is 0. The van der Waals surface area contributed by atoms with Crippen LogP contribution in [0.4, 0.5) is 14.9 Å². The molecule has 82 valence electrons. The minimum Gasteiger partial charge on any atom is -0.307 e. The molecule has 1 aromatic carbocycles. The second-order valence-corrected chi connectivity index (χ2v) is 3.36. The third-order valence-corrected chi connectivity index (χ3v) is 2.15. The average molecular weight is 219 g/mol. The lowest BCUT2D eigenvalue weighted by Gasteiger charge is -2.06. The highest BCUT2D eigenvalue weighted by Crippen LogP contribution is 2.13. The van der Waals surface area contributed by atoms with Crippen LogP contribution in [0.1, 0.15) is 5.56 Å². The number of amides is 1. The second-order valence-electron chi connectivity index (χ2n) is 3.36. The maximum absolute atomic E-state index is 13.0. The summed E-state index contributed by atoms with van der Waals surface area (Å²) in [6.07, 6.45) is 4.44. The third-order valence-electron chi connectivity index (χ3n) is 2.15. The minimum atomic E-state index is -0.330. The molecule has 2 aromatic rings. The van der Waals surface area contributed by atoms with Gasteiger partial charge in [-0.1, -0.05) is 0 Å². The number of nitrogens with one attached hydrogen (secondary N) is 1. The number of anilines is 1. The van der Waals surface area contributed by atoms with Gasteiger partial charge >= 0.3 is 6.03 Å². The van der Waals surface area contributed by atoms with Crippen molar-refractivity contribution in [3.05, 3.63) is 48.3 Å². The number of carbonyl (C=O) groups is 1. The summed E-state index contributed by atoms with van der Waals surface area (Å²) in [7, 11) is 0. The van der Waals surface area contributed by atoms with E-state index in [2.05, 4.69) is 10.3 Å². The molecule has 1 N–H and O–H groups in total. The van der Waals surface area contributed by atoms with Crippen LogP contribution >= 0.6 is 0 Å². The van der Waals surface area contributed by atoms with Crippen LogP contribution in [0.15, 0.2) is 36.9 Å². The van der Waals surface area contributed by atoms with Crippen molar-refractivity contribution in [2.24, 2.45) is 0 Å². The summed E-state index contributed by atoms with van der Waals surface area (Å²) in [5.41, 5.74) is 1.04. The van der Waals surface area contributed by atoms with Gasteiger partial charge in [-0.15, -0.1) is 0 Å². The summed E-state index contributed by atoms with van der Waals surface area (Å²) in [5, 5.41) is 2.63. The first-order valence-electron chi connectivity index (χ1n) is 4.72. The van der Waals surface area contributed by atoms with Crippen molar-refractivity contribution >= 4 is 11.7 Å². The maximum atomic E-state index is 13.0. The van der Waals surface area contributed by atoms with E-state index >= 15 is 0 Å². The van der Waals surface area contributed by atoms with Gasteiger partial charge in [0.1, 0.15) is 12.1 Å². The zero-order valence-corrected chi connectivity index (χ0v) is 8.64. The molecule has 0 radical (unpaired) electrons. The second kappa shape index (κ2) is 4.14. The Morgan fingerprint density at radius 2 is 2.31 bits per heavy atom. The van der Waals surface area contributed by atoms with E-state index < -0.39 is 0 Å². The van der Waals surface area contributed by atoms with Crippen molar-refractivity contribution in [1.82, 2.24) is 9.55 Å². The van der Waals surface area contributed by atoms with E-state index in [0.29, 0.717) is 11.3 Å². The molecule has 4 nitrogen and oxygen atoms in total. The van der Waals surface area contributed by atoms with Crippen molar-refractivity contribution < 1.29 is 9.18 Å². The molecule has 0 fully saturated rings. The first kappa shape index (κ1) is 10.4. The predicted molar refractivity (Wildman–Crippen MR) is 57.8 cm³/mol. The van der Waals surface area contributed by atoms with Gasteiger partial charge in [-0.25, -0.2) is 14.2 Å². The first-order valence-corrected chi connectivity index (χ1v) is 4.72. The summed E-state index contributed by atoms with van der Waals surface area (Å²) < 4.78 is 14.3. The van der Waals surface area contributed by atoms with Crippen LogP contribution in [0.25, 0.3) is 0 Å². The Hall–Kier alpha value is -2.17. The van der Waals surface area contributed by atoms with Crippen LogP contribution in [0.2, 0.25) is 0 Å². The number of nitrogens with zero attached hydrogens (tertiary/aromatic N) is 2. The lowest BCUT2D eigenvalue weighted by Crippen LogP contribution is -2.17. The monoisotopic (exact) mass is 219 g/mol. The fourth-order valence-corrected chi connectivity index (χ4v) is 1.29. The summed E-state index contributed by atoms with van der Waals surface area (Å²) in [5.74, 6) is -0.291. The van der Waals surface area contributed by atoms with Crippen molar-refractivity contribution in [2.75, 3.05) is 5.32 Å². The van der Waals surface area contributed by atoms with Crippen molar-refractivity contribution in [3.8, 4) is 0 Å². The normalized spacial score (nSPS) is 10.1. The molecule has 0 spiro atoms. The first-order chi connectivity index (χ1) is 7.66. The molecule has 0 aliphatic carbocycles. The number of hydrogen-bond donors (Lipinski definition) is 1. The average Bonchev–Trinajstić information content (AvgIpc) is 2.77. The SMILES string of the molecule is Cc1cc(NC(=O)n2ccnc2)ccc1F. The standard InChI is InChI=1S/C11H10FN3O/c1-8-6-9(2-3-10(8)12)14-11(16)15-5-4-13-7-15/h2-7H,1H3,(H,14,16). The Labute approximate surface area is 91.7 Å². The molecule has 0 saturated carbocycles. The quantitative estimate of drug-likeness (QED) is 0.800. The van der Waals surface area contributed by atoms with Gasteiger partial charge in [0.05, 0.1) is 0 Å². The molecule has 0 unspecified atom stereocenters. The Kier molecular flexibility index (Phi) is 2.68. The summed E-state index contributed by atoms with van der Waals surface area (Å²) in [6, 6.07) is 4.07. The highest BCUT2D eigenvalue weighted by atomic mass is 19.1. The van der Waals surface area contributed by atoms with Crippen molar-refractivity contribution in [3.63, 3.8) is 0 Å². The number of aryl methyl sites for hydroxylation is 1. The fraction of sp³-hybridized carbons (Fsp3) is 0.0909. The molecule has 1 heterocycles. The van der Waals surface area contributed by atoms with E-state index in [1.165, 1.54) is 35.4 Å². The van der Waals surface area contributed by atoms with Crippen molar-refractivity contribution in [2.45, 2.75) is 6.92 Å². The lowest BCUT2D eigenvalue weighted by atomic mass is 10.2.